The van der Waals surface area contributed by atoms with Gasteiger partial charge in [-0.3, -0.25) is 14.0 Å². The molecule has 1 heterocycles. The summed E-state index contributed by atoms with van der Waals surface area (Å²) in [6.45, 7) is 6.81. The van der Waals surface area contributed by atoms with Crippen LogP contribution in [-0.4, -0.2) is 36.6 Å². The molecule has 1 unspecified atom stereocenters. The monoisotopic (exact) mass is 529 g/mol. The number of hydrogen-bond donors (Lipinski definition) is 0. The second kappa shape index (κ2) is 12.2. The molecule has 0 bridgehead atoms. The lowest BCUT2D eigenvalue weighted by Crippen LogP contribution is -2.34. The Bertz CT molecular complexity index is 1010. The molecule has 0 spiro atoms. The SMILES string of the molecule is CCOP(=O)(OCC)C1(P(=O)(OCC)OCC)CC(c2ccccc2F)N(Cc2ccccc2)O1. The smallest absolute Gasteiger partial charge is 0.306 e. The summed E-state index contributed by atoms with van der Waals surface area (Å²) in [5, 5.41) is -0.664. The zero-order valence-corrected chi connectivity index (χ0v) is 22.4. The number of hydroxylamine groups is 2. The van der Waals surface area contributed by atoms with Gasteiger partial charge >= 0.3 is 15.2 Å². The minimum atomic E-state index is -4.29. The van der Waals surface area contributed by atoms with Crippen LogP contribution in [0.25, 0.3) is 0 Å². The molecule has 0 aromatic heterocycles. The van der Waals surface area contributed by atoms with E-state index in [2.05, 4.69) is 0 Å². The lowest BCUT2D eigenvalue weighted by atomic mass is 10.0. The normalized spacial score (nSPS) is 18.7. The number of hydrogen-bond acceptors (Lipinski definition) is 8. The molecule has 11 heteroatoms. The highest BCUT2D eigenvalue weighted by molar-refractivity contribution is 7.74. The second-order valence-electron chi connectivity index (χ2n) is 7.80. The average molecular weight is 529 g/mol. The van der Waals surface area contributed by atoms with E-state index >= 15 is 4.39 Å². The quantitative estimate of drug-likeness (QED) is 0.260. The summed E-state index contributed by atoms with van der Waals surface area (Å²) < 4.78 is 66.4. The summed E-state index contributed by atoms with van der Waals surface area (Å²) in [5.74, 6) is -0.472. The third-order valence-corrected chi connectivity index (χ3v) is 11.7. The van der Waals surface area contributed by atoms with E-state index in [0.717, 1.165) is 5.56 Å². The lowest BCUT2D eigenvalue weighted by Gasteiger charge is -2.38. The Morgan fingerprint density at radius 2 is 1.34 bits per heavy atom. The van der Waals surface area contributed by atoms with Crippen molar-refractivity contribution < 1.29 is 36.5 Å². The van der Waals surface area contributed by atoms with Crippen LogP contribution in [0.1, 0.15) is 51.3 Å². The highest BCUT2D eigenvalue weighted by atomic mass is 31.2. The molecule has 35 heavy (non-hydrogen) atoms. The zero-order chi connectivity index (χ0) is 25.5. The number of benzene rings is 2. The van der Waals surface area contributed by atoms with Crippen LogP contribution in [0.4, 0.5) is 4.39 Å². The van der Waals surface area contributed by atoms with Crippen molar-refractivity contribution in [3.05, 3.63) is 71.5 Å². The summed E-state index contributed by atoms with van der Waals surface area (Å²) in [5.41, 5.74) is 1.15. The van der Waals surface area contributed by atoms with Crippen LogP contribution < -0.4 is 0 Å². The van der Waals surface area contributed by atoms with Crippen molar-refractivity contribution in [1.29, 1.82) is 0 Å². The van der Waals surface area contributed by atoms with Gasteiger partial charge in [-0.2, -0.15) is 5.06 Å². The molecule has 194 valence electrons. The fraction of sp³-hybridized carbons (Fsp3) is 0.500. The lowest BCUT2D eigenvalue weighted by molar-refractivity contribution is -0.174. The van der Waals surface area contributed by atoms with Crippen molar-refractivity contribution in [3.63, 3.8) is 0 Å². The summed E-state index contributed by atoms with van der Waals surface area (Å²) in [7, 11) is -8.59. The molecule has 1 saturated heterocycles. The Hall–Kier alpha value is -1.41. The number of nitrogens with zero attached hydrogens (tertiary/aromatic N) is 1. The fourth-order valence-electron chi connectivity index (χ4n) is 4.19. The fourth-order valence-corrected chi connectivity index (χ4v) is 9.60. The van der Waals surface area contributed by atoms with Crippen LogP contribution in [0, 0.1) is 5.82 Å². The average Bonchev–Trinajstić information content (AvgIpc) is 3.22. The van der Waals surface area contributed by atoms with E-state index < -0.39 is 32.1 Å². The molecule has 1 fully saturated rings. The molecular formula is C24H34FNO7P2. The highest BCUT2D eigenvalue weighted by Crippen LogP contribution is 2.82. The van der Waals surface area contributed by atoms with E-state index in [0.29, 0.717) is 5.56 Å². The number of rotatable bonds is 13. The van der Waals surface area contributed by atoms with E-state index in [9.17, 15) is 9.13 Å². The van der Waals surface area contributed by atoms with Crippen LogP contribution in [-0.2, 0) is 38.6 Å². The van der Waals surface area contributed by atoms with E-state index in [4.69, 9.17) is 22.9 Å². The van der Waals surface area contributed by atoms with Crippen molar-refractivity contribution >= 4 is 15.2 Å². The van der Waals surface area contributed by atoms with Gasteiger partial charge in [0.1, 0.15) is 5.82 Å². The predicted octanol–water partition coefficient (Wildman–Crippen LogP) is 6.89. The van der Waals surface area contributed by atoms with Crippen molar-refractivity contribution in [2.75, 3.05) is 26.4 Å². The summed E-state index contributed by atoms with van der Waals surface area (Å²) in [6, 6.07) is 14.9. The highest BCUT2D eigenvalue weighted by Gasteiger charge is 2.72. The van der Waals surface area contributed by atoms with Crippen LogP contribution >= 0.6 is 15.2 Å². The number of halogens is 1. The van der Waals surface area contributed by atoms with Gasteiger partial charge in [-0.1, -0.05) is 48.5 Å². The van der Waals surface area contributed by atoms with Gasteiger partial charge in [0.15, 0.2) is 0 Å². The largest absolute Gasteiger partial charge is 0.376 e. The minimum absolute atomic E-state index is 0.00366. The first-order valence-corrected chi connectivity index (χ1v) is 14.9. The molecule has 3 rings (SSSR count). The van der Waals surface area contributed by atoms with Crippen molar-refractivity contribution in [3.8, 4) is 0 Å². The first-order chi connectivity index (χ1) is 16.8. The first-order valence-electron chi connectivity index (χ1n) is 11.8. The molecule has 8 nitrogen and oxygen atoms in total. The maximum Gasteiger partial charge on any atom is 0.376 e. The molecule has 0 saturated carbocycles. The first kappa shape index (κ1) is 28.2. The Morgan fingerprint density at radius 1 is 0.857 bits per heavy atom. The molecule has 2 aromatic rings. The van der Waals surface area contributed by atoms with Gasteiger partial charge in [0.2, 0.25) is 0 Å². The van der Waals surface area contributed by atoms with E-state index in [1.807, 2.05) is 30.3 Å². The minimum Gasteiger partial charge on any atom is -0.306 e. The van der Waals surface area contributed by atoms with Crippen LogP contribution in [0.5, 0.6) is 0 Å². The molecule has 0 N–H and O–H groups in total. The molecule has 1 aliphatic rings. The van der Waals surface area contributed by atoms with E-state index in [1.54, 1.807) is 45.9 Å². The topological polar surface area (TPSA) is 83.5 Å². The summed E-state index contributed by atoms with van der Waals surface area (Å²) in [4.78, 5) is 6.36. The third kappa shape index (κ3) is 5.63. The van der Waals surface area contributed by atoms with E-state index in [-0.39, 0.29) is 39.4 Å². The molecule has 1 aliphatic heterocycles. The van der Waals surface area contributed by atoms with Gasteiger partial charge in [-0.15, -0.1) is 0 Å². The van der Waals surface area contributed by atoms with Gasteiger partial charge in [0.05, 0.1) is 32.5 Å². The Morgan fingerprint density at radius 3 is 1.83 bits per heavy atom. The standard InChI is InChI=1S/C24H34FNO7P2/c1-5-29-34(27,30-6-2)24(35(28,31-7-3)32-8-4)18-23(21-16-12-13-17-22(21)25)26(33-24)19-20-14-10-9-11-15-20/h9-17,23H,5-8,18-19H2,1-4H3. The predicted molar refractivity (Wildman–Crippen MR) is 131 cm³/mol. The Kier molecular flexibility index (Phi) is 9.83. The molecule has 1 atom stereocenters. The summed E-state index contributed by atoms with van der Waals surface area (Å²) >= 11 is 0. The van der Waals surface area contributed by atoms with Crippen LogP contribution in [0.2, 0.25) is 0 Å². The van der Waals surface area contributed by atoms with E-state index in [1.165, 1.54) is 11.1 Å². The van der Waals surface area contributed by atoms with Gasteiger partial charge in [-0.05, 0) is 39.3 Å². The Labute approximate surface area is 206 Å². The Balaban J connectivity index is 2.23. The second-order valence-corrected chi connectivity index (χ2v) is 12.6. The van der Waals surface area contributed by atoms with Crippen LogP contribution in [0.3, 0.4) is 0 Å². The van der Waals surface area contributed by atoms with Crippen molar-refractivity contribution in [2.45, 2.75) is 51.8 Å². The molecular weight excluding hydrogens is 495 g/mol. The van der Waals surface area contributed by atoms with Gasteiger partial charge < -0.3 is 18.1 Å². The molecule has 2 aromatic carbocycles. The van der Waals surface area contributed by atoms with Gasteiger partial charge in [-0.25, -0.2) is 4.39 Å². The molecule has 0 aliphatic carbocycles. The van der Waals surface area contributed by atoms with Crippen molar-refractivity contribution in [1.82, 2.24) is 5.06 Å². The van der Waals surface area contributed by atoms with Crippen molar-refractivity contribution in [2.24, 2.45) is 0 Å². The maximum atomic E-state index is 15.0. The van der Waals surface area contributed by atoms with Gasteiger partial charge in [0, 0.05) is 18.5 Å². The maximum absolute atomic E-state index is 15.0. The summed E-state index contributed by atoms with van der Waals surface area (Å²) in [6.07, 6.45) is -0.199. The van der Waals surface area contributed by atoms with Crippen LogP contribution in [0.15, 0.2) is 54.6 Å². The molecule has 0 amide bonds. The zero-order valence-electron chi connectivity index (χ0n) is 20.6. The third-order valence-electron chi connectivity index (χ3n) is 5.57. The molecule has 0 radical (unpaired) electrons. The van der Waals surface area contributed by atoms with Gasteiger partial charge in [0.25, 0.3) is 5.08 Å².